The Bertz CT molecular complexity index is 1000. The van der Waals surface area contributed by atoms with Crippen molar-refractivity contribution < 1.29 is 23.1 Å². The van der Waals surface area contributed by atoms with E-state index in [2.05, 4.69) is 0 Å². The molecule has 9 heteroatoms. The first-order valence-corrected chi connectivity index (χ1v) is 10.3. The summed E-state index contributed by atoms with van der Waals surface area (Å²) in [6.45, 7) is 3.12. The zero-order valence-corrected chi connectivity index (χ0v) is 17.3. The van der Waals surface area contributed by atoms with Crippen LogP contribution in [-0.2, 0) is 16.6 Å². The summed E-state index contributed by atoms with van der Waals surface area (Å²) in [6, 6.07) is 10.4. The zero-order chi connectivity index (χ0) is 20.7. The van der Waals surface area contributed by atoms with Gasteiger partial charge in [-0.05, 0) is 43.7 Å². The van der Waals surface area contributed by atoms with Crippen LogP contribution in [0.2, 0.25) is 5.02 Å². The van der Waals surface area contributed by atoms with E-state index < -0.39 is 21.7 Å². The molecule has 1 aliphatic rings. The highest BCUT2D eigenvalue weighted by Gasteiger charge is 2.40. The number of aliphatic hydroxyl groups is 1. The molecule has 0 fully saturated rings. The standard InChI is InChI=1S/C19H21ClN2O5S/c1-19(2,24)12-27-15-8-9-17-16(10-15)21(3)18(23)22(28(17,25)26)11-13-4-6-14(20)7-5-13/h4-10,24H,11-12H2,1-3H3. The normalized spacial score (nSPS) is 16.1. The second-order valence-electron chi connectivity index (χ2n) is 7.21. The molecule has 28 heavy (non-hydrogen) atoms. The number of carbonyl (C=O) groups excluding carboxylic acids is 1. The molecule has 2 aromatic rings. The van der Waals surface area contributed by atoms with Crippen molar-refractivity contribution in [3.05, 3.63) is 53.1 Å². The van der Waals surface area contributed by atoms with Crippen molar-refractivity contribution in [1.82, 2.24) is 4.31 Å². The van der Waals surface area contributed by atoms with Crippen LogP contribution in [-0.4, -0.2) is 43.1 Å². The van der Waals surface area contributed by atoms with Gasteiger partial charge in [-0.3, -0.25) is 4.90 Å². The Kier molecular flexibility index (Phi) is 5.31. The molecule has 0 bridgehead atoms. The van der Waals surface area contributed by atoms with Gasteiger partial charge in [-0.25, -0.2) is 17.5 Å². The summed E-state index contributed by atoms with van der Waals surface area (Å²) in [5.74, 6) is 0.363. The lowest BCUT2D eigenvalue weighted by atomic mass is 10.2. The fraction of sp³-hybridized carbons (Fsp3) is 0.316. The summed E-state index contributed by atoms with van der Waals surface area (Å²) >= 11 is 5.86. The van der Waals surface area contributed by atoms with Gasteiger partial charge in [0.05, 0.1) is 17.8 Å². The maximum atomic E-state index is 13.0. The van der Waals surface area contributed by atoms with E-state index in [1.807, 2.05) is 0 Å². The number of anilines is 1. The highest BCUT2D eigenvalue weighted by Crippen LogP contribution is 2.37. The van der Waals surface area contributed by atoms with Gasteiger partial charge in [0.25, 0.3) is 10.0 Å². The van der Waals surface area contributed by atoms with Gasteiger partial charge in [-0.1, -0.05) is 23.7 Å². The summed E-state index contributed by atoms with van der Waals surface area (Å²) in [7, 11) is -2.52. The summed E-state index contributed by atoms with van der Waals surface area (Å²) in [4.78, 5) is 14.0. The Morgan fingerprint density at radius 1 is 1.14 bits per heavy atom. The number of nitrogens with zero attached hydrogens (tertiary/aromatic N) is 2. The van der Waals surface area contributed by atoms with Crippen molar-refractivity contribution in [2.45, 2.75) is 30.9 Å². The molecular weight excluding hydrogens is 404 g/mol. The molecule has 0 aromatic heterocycles. The minimum absolute atomic E-state index is 0.0131. The molecule has 3 rings (SSSR count). The van der Waals surface area contributed by atoms with Gasteiger partial charge >= 0.3 is 6.03 Å². The number of hydrogen-bond donors (Lipinski definition) is 1. The van der Waals surface area contributed by atoms with Gasteiger partial charge in [-0.15, -0.1) is 0 Å². The number of urea groups is 1. The largest absolute Gasteiger partial charge is 0.491 e. The first kappa shape index (κ1) is 20.4. The summed E-state index contributed by atoms with van der Waals surface area (Å²) in [6.07, 6.45) is 0. The topological polar surface area (TPSA) is 87.2 Å². The number of hydrogen-bond acceptors (Lipinski definition) is 5. The number of halogens is 1. The highest BCUT2D eigenvalue weighted by atomic mass is 35.5. The van der Waals surface area contributed by atoms with Crippen LogP contribution in [0.25, 0.3) is 0 Å². The van der Waals surface area contributed by atoms with Crippen LogP contribution in [0.5, 0.6) is 5.75 Å². The molecule has 0 saturated heterocycles. The Morgan fingerprint density at radius 2 is 1.79 bits per heavy atom. The van der Waals surface area contributed by atoms with Crippen molar-refractivity contribution in [2.24, 2.45) is 0 Å². The molecule has 1 N–H and O–H groups in total. The van der Waals surface area contributed by atoms with Crippen LogP contribution in [0.3, 0.4) is 0 Å². The highest BCUT2D eigenvalue weighted by molar-refractivity contribution is 7.90. The number of amides is 2. The number of rotatable bonds is 5. The van der Waals surface area contributed by atoms with Gasteiger partial charge in [0.1, 0.15) is 17.3 Å². The Morgan fingerprint density at radius 3 is 2.39 bits per heavy atom. The third kappa shape index (κ3) is 4.09. The van der Waals surface area contributed by atoms with E-state index in [1.165, 1.54) is 30.1 Å². The zero-order valence-electron chi connectivity index (χ0n) is 15.7. The third-order valence-corrected chi connectivity index (χ3v) is 6.21. The first-order chi connectivity index (χ1) is 13.0. The number of sulfonamides is 1. The summed E-state index contributed by atoms with van der Waals surface area (Å²) in [5, 5.41) is 10.3. The van der Waals surface area contributed by atoms with E-state index in [1.54, 1.807) is 38.1 Å². The number of benzene rings is 2. The second-order valence-corrected chi connectivity index (χ2v) is 9.48. The lowest BCUT2D eigenvalue weighted by molar-refractivity contribution is 0.0285. The molecule has 0 radical (unpaired) electrons. The van der Waals surface area contributed by atoms with E-state index in [4.69, 9.17) is 16.3 Å². The van der Waals surface area contributed by atoms with Gasteiger partial charge in [0.15, 0.2) is 0 Å². The van der Waals surface area contributed by atoms with Crippen LogP contribution in [0.15, 0.2) is 47.4 Å². The van der Waals surface area contributed by atoms with Gasteiger partial charge in [-0.2, -0.15) is 0 Å². The van der Waals surface area contributed by atoms with E-state index in [9.17, 15) is 18.3 Å². The van der Waals surface area contributed by atoms with Gasteiger partial charge in [0, 0.05) is 18.1 Å². The van der Waals surface area contributed by atoms with E-state index in [0.29, 0.717) is 16.3 Å². The molecule has 0 atom stereocenters. The summed E-state index contributed by atoms with van der Waals surface area (Å²) < 4.78 is 32.4. The maximum Gasteiger partial charge on any atom is 0.338 e. The molecule has 150 valence electrons. The molecular formula is C19H21ClN2O5S. The minimum atomic E-state index is -4.03. The predicted molar refractivity (Wildman–Crippen MR) is 106 cm³/mol. The number of fused-ring (bicyclic) bond motifs is 1. The van der Waals surface area contributed by atoms with Crippen molar-refractivity contribution in [3.63, 3.8) is 0 Å². The van der Waals surface area contributed by atoms with Crippen LogP contribution < -0.4 is 9.64 Å². The molecule has 0 aliphatic carbocycles. The average Bonchev–Trinajstić information content (AvgIpc) is 2.63. The molecule has 0 saturated carbocycles. The van der Waals surface area contributed by atoms with Crippen LogP contribution in [0.1, 0.15) is 19.4 Å². The quantitative estimate of drug-likeness (QED) is 0.796. The van der Waals surface area contributed by atoms with Crippen molar-refractivity contribution in [3.8, 4) is 5.75 Å². The van der Waals surface area contributed by atoms with Crippen molar-refractivity contribution in [2.75, 3.05) is 18.6 Å². The Labute approximate surface area is 169 Å². The van der Waals surface area contributed by atoms with E-state index >= 15 is 0 Å². The number of ether oxygens (including phenoxy) is 1. The smallest absolute Gasteiger partial charge is 0.338 e. The lowest BCUT2D eigenvalue weighted by Gasteiger charge is -2.34. The number of carbonyl (C=O) groups is 1. The minimum Gasteiger partial charge on any atom is -0.491 e. The van der Waals surface area contributed by atoms with Crippen LogP contribution in [0, 0.1) is 0 Å². The first-order valence-electron chi connectivity index (χ1n) is 8.53. The molecule has 0 unspecified atom stereocenters. The molecule has 2 amide bonds. The predicted octanol–water partition coefficient (Wildman–Crippen LogP) is 3.25. The molecule has 0 spiro atoms. The van der Waals surface area contributed by atoms with Crippen molar-refractivity contribution >= 4 is 33.3 Å². The lowest BCUT2D eigenvalue weighted by Crippen LogP contribution is -2.48. The summed E-state index contributed by atoms with van der Waals surface area (Å²) in [5.41, 5.74) is -0.173. The Balaban J connectivity index is 1.94. The van der Waals surface area contributed by atoms with Crippen LogP contribution >= 0.6 is 11.6 Å². The maximum absolute atomic E-state index is 13.0. The van der Waals surface area contributed by atoms with Crippen molar-refractivity contribution in [1.29, 1.82) is 0 Å². The molecule has 2 aromatic carbocycles. The van der Waals surface area contributed by atoms with Gasteiger partial charge < -0.3 is 9.84 Å². The monoisotopic (exact) mass is 424 g/mol. The fourth-order valence-electron chi connectivity index (χ4n) is 2.73. The average molecular weight is 425 g/mol. The van der Waals surface area contributed by atoms with Crippen LogP contribution in [0.4, 0.5) is 10.5 Å². The molecule has 1 heterocycles. The fourth-order valence-corrected chi connectivity index (χ4v) is 4.44. The third-order valence-electron chi connectivity index (χ3n) is 4.19. The molecule has 1 aliphatic heterocycles. The second kappa shape index (κ2) is 7.27. The van der Waals surface area contributed by atoms with E-state index in [0.717, 1.165) is 4.31 Å². The SMILES string of the molecule is CN1C(=O)N(Cc2ccc(Cl)cc2)S(=O)(=O)c2ccc(OCC(C)(C)O)cc21. The van der Waals surface area contributed by atoms with E-state index in [-0.39, 0.29) is 23.7 Å². The van der Waals surface area contributed by atoms with Gasteiger partial charge in [0.2, 0.25) is 0 Å². The molecule has 7 nitrogen and oxygen atoms in total. The Hall–Kier alpha value is -2.29.